The average molecular weight is 356 g/mol. The van der Waals surface area contributed by atoms with E-state index in [4.69, 9.17) is 0 Å². The highest BCUT2D eigenvalue weighted by atomic mass is 16.1. The molecule has 1 nitrogen and oxygen atoms in total. The maximum absolute atomic E-state index is 13.7. The van der Waals surface area contributed by atoms with Gasteiger partial charge in [0.25, 0.3) is 0 Å². The maximum Gasteiger partial charge on any atom is 0.194 e. The average Bonchev–Trinajstić information content (AvgIpc) is 3.09. The molecule has 28 heavy (non-hydrogen) atoms. The minimum Gasteiger partial charge on any atom is -0.289 e. The maximum atomic E-state index is 13.7. The van der Waals surface area contributed by atoms with Crippen molar-refractivity contribution >= 4 is 16.9 Å². The molecule has 0 amide bonds. The highest BCUT2D eigenvalue weighted by molar-refractivity contribution is 6.41. The Bertz CT molecular complexity index is 1280. The summed E-state index contributed by atoms with van der Waals surface area (Å²) < 4.78 is 0. The van der Waals surface area contributed by atoms with E-state index in [1.165, 1.54) is 11.1 Å². The summed E-state index contributed by atoms with van der Waals surface area (Å²) in [5, 5.41) is 0. The summed E-state index contributed by atoms with van der Waals surface area (Å²) >= 11 is 0. The number of carbonyl (C=O) groups excluding carboxylic acids is 1. The molecule has 0 aromatic heterocycles. The fourth-order valence-corrected chi connectivity index (χ4v) is 4.64. The van der Waals surface area contributed by atoms with E-state index >= 15 is 0 Å². The van der Waals surface area contributed by atoms with E-state index in [0.29, 0.717) is 0 Å². The Morgan fingerprint density at radius 2 is 0.607 bits per heavy atom. The van der Waals surface area contributed by atoms with Gasteiger partial charge in [0.1, 0.15) is 0 Å². The predicted molar refractivity (Wildman–Crippen MR) is 114 cm³/mol. The molecular weight excluding hydrogens is 340 g/mol. The van der Waals surface area contributed by atoms with Crippen LogP contribution in [0.4, 0.5) is 0 Å². The minimum atomic E-state index is 0.107. The van der Waals surface area contributed by atoms with Crippen molar-refractivity contribution in [1.29, 1.82) is 0 Å². The van der Waals surface area contributed by atoms with Gasteiger partial charge in [0, 0.05) is 16.7 Å². The van der Waals surface area contributed by atoms with Crippen LogP contribution in [0.25, 0.3) is 33.4 Å². The molecule has 2 aliphatic rings. The van der Waals surface area contributed by atoms with Crippen LogP contribution in [0, 0.1) is 0 Å². The summed E-state index contributed by atoms with van der Waals surface area (Å²) in [7, 11) is 0. The molecule has 0 unspecified atom stereocenters. The number of benzene rings is 4. The van der Waals surface area contributed by atoms with Crippen molar-refractivity contribution in [3.63, 3.8) is 0 Å². The van der Waals surface area contributed by atoms with Gasteiger partial charge in [-0.1, -0.05) is 97.1 Å². The molecule has 0 saturated heterocycles. The third-order valence-corrected chi connectivity index (χ3v) is 5.82. The van der Waals surface area contributed by atoms with Crippen LogP contribution < -0.4 is 0 Å². The van der Waals surface area contributed by atoms with Crippen LogP contribution in [0.15, 0.2) is 97.1 Å². The van der Waals surface area contributed by atoms with Crippen LogP contribution in [-0.4, -0.2) is 5.78 Å². The lowest BCUT2D eigenvalue weighted by atomic mass is 9.78. The van der Waals surface area contributed by atoms with Crippen LogP contribution in [0.2, 0.25) is 0 Å². The van der Waals surface area contributed by atoms with Gasteiger partial charge in [-0.2, -0.15) is 0 Å². The molecule has 0 bridgehead atoms. The first-order valence-electron chi connectivity index (χ1n) is 9.51. The number of fused-ring (bicyclic) bond motifs is 6. The SMILES string of the molecule is O=C1C(=C2c3ccccc3-c3ccccc32)c2ccccc2-c2ccccc21. The molecule has 0 N–H and O–H groups in total. The first-order chi connectivity index (χ1) is 13.8. The molecule has 130 valence electrons. The zero-order valence-electron chi connectivity index (χ0n) is 15.1. The Morgan fingerprint density at radius 3 is 1.04 bits per heavy atom. The highest BCUT2D eigenvalue weighted by Crippen LogP contribution is 2.50. The van der Waals surface area contributed by atoms with Crippen molar-refractivity contribution in [2.75, 3.05) is 0 Å². The van der Waals surface area contributed by atoms with Crippen molar-refractivity contribution in [3.8, 4) is 22.3 Å². The standard InChI is InChI=1S/C27H16O/c28-27-24-16-8-4-12-20(24)19-11-3-7-15-23(19)26(27)25-21-13-5-1-9-17(21)18-10-2-6-14-22(18)25/h1-16H. The second-order valence-electron chi connectivity index (χ2n) is 7.26. The summed E-state index contributed by atoms with van der Waals surface area (Å²) in [5.74, 6) is 0.107. The topological polar surface area (TPSA) is 17.1 Å². The van der Waals surface area contributed by atoms with Gasteiger partial charge in [0.05, 0.1) is 0 Å². The van der Waals surface area contributed by atoms with Crippen LogP contribution in [0.5, 0.6) is 0 Å². The Hall–Kier alpha value is -3.71. The predicted octanol–water partition coefficient (Wildman–Crippen LogP) is 6.49. The van der Waals surface area contributed by atoms with Crippen molar-refractivity contribution in [3.05, 3.63) is 119 Å². The Labute approximate surface area is 163 Å². The van der Waals surface area contributed by atoms with Crippen LogP contribution in [-0.2, 0) is 0 Å². The lowest BCUT2D eigenvalue weighted by Gasteiger charge is -2.23. The molecule has 2 aliphatic carbocycles. The summed E-state index contributed by atoms with van der Waals surface area (Å²) in [6.07, 6.45) is 0. The second kappa shape index (κ2) is 5.64. The molecule has 0 fully saturated rings. The fraction of sp³-hybridized carbons (Fsp3) is 0. The van der Waals surface area contributed by atoms with Gasteiger partial charge >= 0.3 is 0 Å². The smallest absolute Gasteiger partial charge is 0.194 e. The summed E-state index contributed by atoms with van der Waals surface area (Å²) in [6.45, 7) is 0. The molecule has 6 rings (SSSR count). The number of allylic oxidation sites excluding steroid dienone is 1. The number of carbonyl (C=O) groups is 1. The van der Waals surface area contributed by atoms with Gasteiger partial charge < -0.3 is 0 Å². The van der Waals surface area contributed by atoms with Crippen molar-refractivity contribution in [2.24, 2.45) is 0 Å². The van der Waals surface area contributed by atoms with Crippen LogP contribution in [0.1, 0.15) is 27.0 Å². The van der Waals surface area contributed by atoms with E-state index < -0.39 is 0 Å². The fourth-order valence-electron chi connectivity index (χ4n) is 4.64. The molecule has 1 heteroatoms. The van der Waals surface area contributed by atoms with E-state index in [9.17, 15) is 4.79 Å². The molecule has 0 atom stereocenters. The largest absolute Gasteiger partial charge is 0.289 e. The third kappa shape index (κ3) is 1.93. The number of hydrogen-bond acceptors (Lipinski definition) is 1. The van der Waals surface area contributed by atoms with Crippen molar-refractivity contribution < 1.29 is 4.79 Å². The summed E-state index contributed by atoms with van der Waals surface area (Å²) in [6, 6.07) is 33.0. The molecule has 4 aromatic rings. The number of rotatable bonds is 0. The third-order valence-electron chi connectivity index (χ3n) is 5.82. The van der Waals surface area contributed by atoms with Gasteiger partial charge in [-0.25, -0.2) is 0 Å². The van der Waals surface area contributed by atoms with Gasteiger partial charge in [-0.05, 0) is 38.9 Å². The van der Waals surface area contributed by atoms with Crippen molar-refractivity contribution in [1.82, 2.24) is 0 Å². The molecule has 0 spiro atoms. The van der Waals surface area contributed by atoms with Crippen LogP contribution in [0.3, 0.4) is 0 Å². The monoisotopic (exact) mass is 356 g/mol. The Morgan fingerprint density at radius 1 is 0.321 bits per heavy atom. The first kappa shape index (κ1) is 15.4. The summed E-state index contributed by atoms with van der Waals surface area (Å²) in [4.78, 5) is 13.7. The quantitative estimate of drug-likeness (QED) is 0.290. The Balaban J connectivity index is 1.79. The van der Waals surface area contributed by atoms with Gasteiger partial charge in [0.15, 0.2) is 5.78 Å². The minimum absolute atomic E-state index is 0.107. The van der Waals surface area contributed by atoms with E-state index in [1.54, 1.807) is 0 Å². The normalized spacial score (nSPS) is 13.6. The molecule has 0 aliphatic heterocycles. The van der Waals surface area contributed by atoms with Gasteiger partial charge in [-0.15, -0.1) is 0 Å². The van der Waals surface area contributed by atoms with Crippen LogP contribution >= 0.6 is 0 Å². The molecule has 0 heterocycles. The van der Waals surface area contributed by atoms with E-state index in [1.807, 2.05) is 36.4 Å². The van der Waals surface area contributed by atoms with E-state index in [-0.39, 0.29) is 5.78 Å². The molecule has 4 aromatic carbocycles. The summed E-state index contributed by atoms with van der Waals surface area (Å²) in [5.41, 5.74) is 10.5. The number of Topliss-reactive ketones (excluding diaryl/α,β-unsaturated/α-hetero) is 1. The van der Waals surface area contributed by atoms with E-state index in [0.717, 1.165) is 44.5 Å². The molecule has 0 saturated carbocycles. The Kier molecular flexibility index (Phi) is 3.09. The van der Waals surface area contributed by atoms with Gasteiger partial charge in [-0.3, -0.25) is 4.79 Å². The second-order valence-corrected chi connectivity index (χ2v) is 7.26. The lowest BCUT2D eigenvalue weighted by molar-refractivity contribution is 0.105. The van der Waals surface area contributed by atoms with Gasteiger partial charge in [0.2, 0.25) is 0 Å². The lowest BCUT2D eigenvalue weighted by Crippen LogP contribution is -2.13. The van der Waals surface area contributed by atoms with E-state index in [2.05, 4.69) is 60.7 Å². The number of hydrogen-bond donors (Lipinski definition) is 0. The zero-order valence-corrected chi connectivity index (χ0v) is 15.1. The number of ketones is 1. The molecular formula is C27H16O. The first-order valence-corrected chi connectivity index (χ1v) is 9.51. The zero-order chi connectivity index (χ0) is 18.7. The molecule has 0 radical (unpaired) electrons. The highest BCUT2D eigenvalue weighted by Gasteiger charge is 2.33. The van der Waals surface area contributed by atoms with Crippen molar-refractivity contribution in [2.45, 2.75) is 0 Å².